The van der Waals surface area contributed by atoms with Crippen LogP contribution in [-0.2, 0) is 4.74 Å². The van der Waals surface area contributed by atoms with Crippen molar-refractivity contribution in [3.63, 3.8) is 0 Å². The number of primary amides is 1. The number of rotatable bonds is 2. The first-order valence-corrected chi connectivity index (χ1v) is 5.58. The molecule has 6 nitrogen and oxygen atoms in total. The van der Waals surface area contributed by atoms with E-state index in [2.05, 4.69) is 9.88 Å². The predicted octanol–water partition coefficient (Wildman–Crippen LogP) is 0.728. The van der Waals surface area contributed by atoms with Crippen molar-refractivity contribution in [2.45, 2.75) is 18.9 Å². The normalized spacial score (nSPS) is 20.0. The van der Waals surface area contributed by atoms with Gasteiger partial charge in [0.05, 0.1) is 6.54 Å². The van der Waals surface area contributed by atoms with Crippen LogP contribution in [0, 0.1) is 0 Å². The van der Waals surface area contributed by atoms with E-state index in [1.165, 1.54) is 0 Å². The van der Waals surface area contributed by atoms with Gasteiger partial charge in [0.15, 0.2) is 0 Å². The SMILES string of the molecule is NC(=O)O[C@H]1CCCN(c2ccnc(N)c2)C1. The van der Waals surface area contributed by atoms with Crippen LogP contribution in [0.5, 0.6) is 0 Å². The van der Waals surface area contributed by atoms with E-state index in [-0.39, 0.29) is 6.10 Å². The molecular weight excluding hydrogens is 220 g/mol. The molecule has 6 heteroatoms. The topological polar surface area (TPSA) is 94.5 Å². The molecule has 0 aromatic carbocycles. The lowest BCUT2D eigenvalue weighted by atomic mass is 10.1. The van der Waals surface area contributed by atoms with Crippen LogP contribution in [0.3, 0.4) is 0 Å². The summed E-state index contributed by atoms with van der Waals surface area (Å²) in [5.41, 5.74) is 11.7. The summed E-state index contributed by atoms with van der Waals surface area (Å²) in [6, 6.07) is 3.70. The van der Waals surface area contributed by atoms with E-state index in [4.69, 9.17) is 16.2 Å². The van der Waals surface area contributed by atoms with Gasteiger partial charge in [-0.25, -0.2) is 9.78 Å². The molecule has 1 amide bonds. The number of carbonyl (C=O) groups excluding carboxylic acids is 1. The van der Waals surface area contributed by atoms with Gasteiger partial charge in [0.1, 0.15) is 11.9 Å². The number of hydrogen-bond donors (Lipinski definition) is 2. The highest BCUT2D eigenvalue weighted by molar-refractivity contribution is 5.65. The zero-order valence-electron chi connectivity index (χ0n) is 9.50. The number of carbonyl (C=O) groups is 1. The van der Waals surface area contributed by atoms with E-state index in [1.54, 1.807) is 6.20 Å². The molecule has 0 radical (unpaired) electrons. The zero-order chi connectivity index (χ0) is 12.3. The van der Waals surface area contributed by atoms with Gasteiger partial charge >= 0.3 is 6.09 Å². The molecule has 2 rings (SSSR count). The molecule has 2 heterocycles. The van der Waals surface area contributed by atoms with Gasteiger partial charge in [-0.1, -0.05) is 0 Å². The Kier molecular flexibility index (Phi) is 3.32. The Morgan fingerprint density at radius 1 is 1.59 bits per heavy atom. The van der Waals surface area contributed by atoms with E-state index in [0.717, 1.165) is 25.1 Å². The molecule has 17 heavy (non-hydrogen) atoms. The number of pyridine rings is 1. The summed E-state index contributed by atoms with van der Waals surface area (Å²) in [6.45, 7) is 1.56. The van der Waals surface area contributed by atoms with Crippen LogP contribution in [0.2, 0.25) is 0 Å². The summed E-state index contributed by atoms with van der Waals surface area (Å²) >= 11 is 0. The van der Waals surface area contributed by atoms with Gasteiger partial charge in [-0.05, 0) is 18.9 Å². The Labute approximate surface area is 99.5 Å². The molecule has 1 aromatic heterocycles. The Balaban J connectivity index is 2.04. The van der Waals surface area contributed by atoms with Gasteiger partial charge in [0, 0.05) is 24.5 Å². The van der Waals surface area contributed by atoms with Gasteiger partial charge < -0.3 is 21.1 Å². The summed E-state index contributed by atoms with van der Waals surface area (Å²) in [5, 5.41) is 0. The molecule has 1 aliphatic heterocycles. The second kappa shape index (κ2) is 4.90. The van der Waals surface area contributed by atoms with Crippen molar-refractivity contribution in [1.29, 1.82) is 0 Å². The number of aromatic nitrogens is 1. The van der Waals surface area contributed by atoms with E-state index in [1.807, 2.05) is 12.1 Å². The predicted molar refractivity (Wildman–Crippen MR) is 64.6 cm³/mol. The van der Waals surface area contributed by atoms with Crippen LogP contribution in [0.15, 0.2) is 18.3 Å². The van der Waals surface area contributed by atoms with Crippen molar-refractivity contribution in [3.8, 4) is 0 Å². The fourth-order valence-corrected chi connectivity index (χ4v) is 2.07. The number of ether oxygens (including phenoxy) is 1. The van der Waals surface area contributed by atoms with Crippen LogP contribution >= 0.6 is 0 Å². The van der Waals surface area contributed by atoms with Crippen LogP contribution in [-0.4, -0.2) is 30.3 Å². The van der Waals surface area contributed by atoms with E-state index in [0.29, 0.717) is 12.4 Å². The number of piperidine rings is 1. The van der Waals surface area contributed by atoms with Gasteiger partial charge in [-0.2, -0.15) is 0 Å². The van der Waals surface area contributed by atoms with Crippen molar-refractivity contribution < 1.29 is 9.53 Å². The lowest BCUT2D eigenvalue weighted by Crippen LogP contribution is -2.41. The maximum atomic E-state index is 10.7. The maximum Gasteiger partial charge on any atom is 0.404 e. The minimum atomic E-state index is -0.717. The lowest BCUT2D eigenvalue weighted by molar-refractivity contribution is 0.0966. The first-order valence-electron chi connectivity index (χ1n) is 5.58. The number of anilines is 2. The molecule has 0 unspecified atom stereocenters. The minimum absolute atomic E-state index is 0.143. The van der Waals surface area contributed by atoms with Crippen LogP contribution < -0.4 is 16.4 Å². The lowest BCUT2D eigenvalue weighted by Gasteiger charge is -2.33. The molecule has 92 valence electrons. The number of amides is 1. The van der Waals surface area contributed by atoms with Gasteiger partial charge in [0.2, 0.25) is 0 Å². The van der Waals surface area contributed by atoms with E-state index < -0.39 is 6.09 Å². The zero-order valence-corrected chi connectivity index (χ0v) is 9.50. The molecule has 1 aromatic rings. The molecule has 1 fully saturated rings. The third kappa shape index (κ3) is 2.99. The molecule has 1 saturated heterocycles. The van der Waals surface area contributed by atoms with Crippen molar-refractivity contribution in [2.75, 3.05) is 23.7 Å². The standard InChI is InChI=1S/C11H16N4O2/c12-10-6-8(3-4-14-10)15-5-1-2-9(7-15)17-11(13)16/h3-4,6,9H,1-2,5,7H2,(H2,12,14)(H2,13,16)/t9-/m0/s1. The average molecular weight is 236 g/mol. The summed E-state index contributed by atoms with van der Waals surface area (Å²) < 4.78 is 5.02. The summed E-state index contributed by atoms with van der Waals surface area (Å²) in [4.78, 5) is 16.8. The third-order valence-electron chi connectivity index (χ3n) is 2.79. The van der Waals surface area contributed by atoms with Crippen molar-refractivity contribution in [1.82, 2.24) is 4.98 Å². The Hall–Kier alpha value is -1.98. The van der Waals surface area contributed by atoms with Gasteiger partial charge in [-0.15, -0.1) is 0 Å². The fraction of sp³-hybridized carbons (Fsp3) is 0.455. The molecular formula is C11H16N4O2. The van der Waals surface area contributed by atoms with Gasteiger partial charge in [0.25, 0.3) is 0 Å². The quantitative estimate of drug-likeness (QED) is 0.789. The van der Waals surface area contributed by atoms with Crippen LogP contribution in [0.4, 0.5) is 16.3 Å². The smallest absolute Gasteiger partial charge is 0.404 e. The molecule has 1 atom stereocenters. The number of hydrogen-bond acceptors (Lipinski definition) is 5. The molecule has 0 spiro atoms. The molecule has 0 aliphatic carbocycles. The van der Waals surface area contributed by atoms with E-state index in [9.17, 15) is 4.79 Å². The molecule has 0 bridgehead atoms. The average Bonchev–Trinajstić information content (AvgIpc) is 2.28. The van der Waals surface area contributed by atoms with Crippen LogP contribution in [0.25, 0.3) is 0 Å². The largest absolute Gasteiger partial charge is 0.445 e. The first kappa shape index (κ1) is 11.5. The molecule has 4 N–H and O–H groups in total. The highest BCUT2D eigenvalue weighted by Crippen LogP contribution is 2.22. The first-order chi connectivity index (χ1) is 8.15. The highest BCUT2D eigenvalue weighted by Gasteiger charge is 2.22. The minimum Gasteiger partial charge on any atom is -0.445 e. The number of nitrogens with zero attached hydrogens (tertiary/aromatic N) is 2. The van der Waals surface area contributed by atoms with Crippen molar-refractivity contribution >= 4 is 17.6 Å². The number of nitrogen functional groups attached to an aromatic ring is 1. The third-order valence-corrected chi connectivity index (χ3v) is 2.79. The second-order valence-corrected chi connectivity index (χ2v) is 4.09. The maximum absolute atomic E-state index is 10.7. The van der Waals surface area contributed by atoms with Crippen molar-refractivity contribution in [3.05, 3.63) is 18.3 Å². The Bertz CT molecular complexity index is 410. The highest BCUT2D eigenvalue weighted by atomic mass is 16.6. The van der Waals surface area contributed by atoms with Gasteiger partial charge in [-0.3, -0.25) is 0 Å². The monoisotopic (exact) mass is 236 g/mol. The molecule has 0 saturated carbocycles. The van der Waals surface area contributed by atoms with Crippen LogP contribution in [0.1, 0.15) is 12.8 Å². The fourth-order valence-electron chi connectivity index (χ4n) is 2.07. The molecule has 1 aliphatic rings. The number of nitrogens with two attached hydrogens (primary N) is 2. The Morgan fingerprint density at radius 3 is 3.12 bits per heavy atom. The van der Waals surface area contributed by atoms with Crippen molar-refractivity contribution in [2.24, 2.45) is 5.73 Å². The Morgan fingerprint density at radius 2 is 2.41 bits per heavy atom. The summed E-state index contributed by atoms with van der Waals surface area (Å²) in [5.74, 6) is 0.487. The van der Waals surface area contributed by atoms with E-state index >= 15 is 0 Å². The summed E-state index contributed by atoms with van der Waals surface area (Å²) in [7, 11) is 0. The second-order valence-electron chi connectivity index (χ2n) is 4.09. The summed E-state index contributed by atoms with van der Waals surface area (Å²) in [6.07, 6.45) is 2.62.